The topological polar surface area (TPSA) is 60.4 Å². The molecule has 1 atom stereocenters. The van der Waals surface area contributed by atoms with Gasteiger partial charge in [0, 0.05) is 17.2 Å². The number of halogens is 1. The molecule has 2 rings (SSSR count). The van der Waals surface area contributed by atoms with Gasteiger partial charge in [0.2, 0.25) is 0 Å². The van der Waals surface area contributed by atoms with E-state index in [1.54, 1.807) is 18.5 Å². The van der Waals surface area contributed by atoms with E-state index in [1.165, 1.54) is 15.7 Å². The summed E-state index contributed by atoms with van der Waals surface area (Å²) in [5, 5.41) is 12.5. The molecule has 0 aromatic carbocycles. The number of fused-ring (bicyclic) bond motifs is 1. The summed E-state index contributed by atoms with van der Waals surface area (Å²) < 4.78 is 1.49. The second-order valence-corrected chi connectivity index (χ2v) is 4.80. The molecule has 0 bridgehead atoms. The van der Waals surface area contributed by atoms with Crippen LogP contribution >= 0.6 is 22.9 Å². The van der Waals surface area contributed by atoms with Gasteiger partial charge in [-0.1, -0.05) is 11.3 Å². The molecule has 7 heteroatoms. The fourth-order valence-corrected chi connectivity index (χ4v) is 2.29. The molecule has 2 heterocycles. The molecule has 0 aliphatic carbocycles. The molecule has 0 saturated carbocycles. The quantitative estimate of drug-likeness (QED) is 0.474. The average Bonchev–Trinajstić information content (AvgIpc) is 2.60. The van der Waals surface area contributed by atoms with Crippen LogP contribution in [0, 0.1) is 10.1 Å². The van der Waals surface area contributed by atoms with Crippen molar-refractivity contribution in [1.29, 1.82) is 0 Å². The van der Waals surface area contributed by atoms with Crippen LogP contribution in [0.2, 0.25) is 0 Å². The summed E-state index contributed by atoms with van der Waals surface area (Å²) in [6.45, 7) is 1.79. The van der Waals surface area contributed by atoms with Gasteiger partial charge >= 0.3 is 5.82 Å². The predicted molar refractivity (Wildman–Crippen MR) is 58.7 cm³/mol. The molecule has 15 heavy (non-hydrogen) atoms. The van der Waals surface area contributed by atoms with Crippen molar-refractivity contribution in [2.45, 2.75) is 18.7 Å². The molecule has 0 amide bonds. The van der Waals surface area contributed by atoms with Crippen LogP contribution in [-0.2, 0) is 6.42 Å². The summed E-state index contributed by atoms with van der Waals surface area (Å²) in [7, 11) is 0. The van der Waals surface area contributed by atoms with Crippen molar-refractivity contribution in [3.8, 4) is 0 Å². The first-order valence-corrected chi connectivity index (χ1v) is 5.64. The second kappa shape index (κ2) is 3.79. The average molecular weight is 246 g/mol. The first-order valence-electron chi connectivity index (χ1n) is 4.32. The lowest BCUT2D eigenvalue weighted by molar-refractivity contribution is -0.391. The Morgan fingerprint density at radius 3 is 3.13 bits per heavy atom. The third-order valence-electron chi connectivity index (χ3n) is 1.95. The summed E-state index contributed by atoms with van der Waals surface area (Å²) in [5.74, 6) is 0.0266. The van der Waals surface area contributed by atoms with Gasteiger partial charge in [-0.05, 0) is 11.8 Å². The fraction of sp³-hybridized carbons (Fsp3) is 0.375. The van der Waals surface area contributed by atoms with Gasteiger partial charge in [-0.25, -0.2) is 0 Å². The Balaban J connectivity index is 2.57. The van der Waals surface area contributed by atoms with Crippen LogP contribution in [0.5, 0.6) is 0 Å². The highest BCUT2D eigenvalue weighted by atomic mass is 35.5. The second-order valence-electron chi connectivity index (χ2n) is 3.18. The van der Waals surface area contributed by atoms with Gasteiger partial charge in [0.15, 0.2) is 0 Å². The van der Waals surface area contributed by atoms with Crippen molar-refractivity contribution in [3.05, 3.63) is 27.4 Å². The van der Waals surface area contributed by atoms with Crippen molar-refractivity contribution >= 4 is 33.7 Å². The molecular formula is C8H8ClN3O2S. The summed E-state index contributed by atoms with van der Waals surface area (Å²) in [5.41, 5.74) is 0.453. The van der Waals surface area contributed by atoms with Crippen molar-refractivity contribution in [2.75, 3.05) is 0 Å². The maximum atomic E-state index is 10.9. The third-order valence-corrected chi connectivity index (χ3v) is 2.86. The number of nitro groups is 1. The Morgan fingerprint density at radius 1 is 1.80 bits per heavy atom. The van der Waals surface area contributed by atoms with E-state index in [0.717, 1.165) is 0 Å². The standard InChI is InChI=1S/C8H8ClN3O2S/c1-5(9)4-6-7(12(13)14)11-2-3-15-8(11)10-6/h2-3,5H,4H2,1H3. The van der Waals surface area contributed by atoms with E-state index >= 15 is 0 Å². The number of nitrogens with zero attached hydrogens (tertiary/aromatic N) is 3. The molecular weight excluding hydrogens is 238 g/mol. The Hall–Kier alpha value is -1.14. The monoisotopic (exact) mass is 245 g/mol. The lowest BCUT2D eigenvalue weighted by atomic mass is 10.2. The van der Waals surface area contributed by atoms with E-state index in [2.05, 4.69) is 4.98 Å². The molecule has 0 aliphatic rings. The lowest BCUT2D eigenvalue weighted by Gasteiger charge is -1.99. The largest absolute Gasteiger partial charge is 0.358 e. The molecule has 0 aliphatic heterocycles. The summed E-state index contributed by atoms with van der Waals surface area (Å²) in [4.78, 5) is 15.3. The number of rotatable bonds is 3. The molecule has 80 valence electrons. The number of thiazole rings is 1. The highest BCUT2D eigenvalue weighted by molar-refractivity contribution is 7.15. The van der Waals surface area contributed by atoms with Crippen LogP contribution in [0.3, 0.4) is 0 Å². The van der Waals surface area contributed by atoms with Crippen LogP contribution in [0.25, 0.3) is 4.96 Å². The molecule has 0 N–H and O–H groups in total. The van der Waals surface area contributed by atoms with Gasteiger partial charge in [-0.3, -0.25) is 0 Å². The zero-order chi connectivity index (χ0) is 11.0. The highest BCUT2D eigenvalue weighted by Gasteiger charge is 2.23. The number of hydrogen-bond donors (Lipinski definition) is 0. The summed E-state index contributed by atoms with van der Waals surface area (Å²) in [6, 6.07) is 0. The first kappa shape index (κ1) is 10.4. The smallest absolute Gasteiger partial charge is 0.351 e. The van der Waals surface area contributed by atoms with Crippen LogP contribution < -0.4 is 0 Å². The van der Waals surface area contributed by atoms with Crippen molar-refractivity contribution < 1.29 is 4.92 Å². The molecule has 0 saturated heterocycles. The number of aromatic nitrogens is 2. The normalized spacial score (nSPS) is 13.2. The fourth-order valence-electron chi connectivity index (χ4n) is 1.42. The van der Waals surface area contributed by atoms with Gasteiger partial charge < -0.3 is 10.1 Å². The maximum Gasteiger partial charge on any atom is 0.351 e. The van der Waals surface area contributed by atoms with Gasteiger partial charge in [-0.2, -0.15) is 9.38 Å². The van der Waals surface area contributed by atoms with Gasteiger partial charge in [0.25, 0.3) is 4.96 Å². The number of alkyl halides is 1. The molecule has 0 spiro atoms. The van der Waals surface area contributed by atoms with E-state index in [9.17, 15) is 10.1 Å². The van der Waals surface area contributed by atoms with E-state index in [1.807, 2.05) is 0 Å². The van der Waals surface area contributed by atoms with Crippen LogP contribution in [0.15, 0.2) is 11.6 Å². The van der Waals surface area contributed by atoms with E-state index in [-0.39, 0.29) is 11.2 Å². The molecule has 2 aromatic heterocycles. The highest BCUT2D eigenvalue weighted by Crippen LogP contribution is 2.25. The Morgan fingerprint density at radius 2 is 2.53 bits per heavy atom. The van der Waals surface area contributed by atoms with Crippen LogP contribution in [-0.4, -0.2) is 19.7 Å². The van der Waals surface area contributed by atoms with Crippen molar-refractivity contribution in [1.82, 2.24) is 9.38 Å². The lowest BCUT2D eigenvalue weighted by Crippen LogP contribution is -2.02. The van der Waals surface area contributed by atoms with E-state index in [0.29, 0.717) is 17.1 Å². The Kier molecular flexibility index (Phi) is 2.62. The third kappa shape index (κ3) is 1.82. The molecule has 1 unspecified atom stereocenters. The summed E-state index contributed by atoms with van der Waals surface area (Å²) >= 11 is 7.19. The van der Waals surface area contributed by atoms with Crippen LogP contribution in [0.4, 0.5) is 5.82 Å². The van der Waals surface area contributed by atoms with E-state index < -0.39 is 4.92 Å². The predicted octanol–water partition coefficient (Wildman–Crippen LogP) is 2.47. The Bertz CT molecular complexity index is 505. The first-order chi connectivity index (χ1) is 7.09. The van der Waals surface area contributed by atoms with Crippen LogP contribution in [0.1, 0.15) is 12.6 Å². The molecule has 0 fully saturated rings. The van der Waals surface area contributed by atoms with Gasteiger partial charge in [0.1, 0.15) is 11.9 Å². The van der Waals surface area contributed by atoms with Gasteiger partial charge in [-0.15, -0.1) is 11.6 Å². The molecule has 2 aromatic rings. The van der Waals surface area contributed by atoms with Gasteiger partial charge in [0.05, 0.1) is 0 Å². The Labute approximate surface area is 94.5 Å². The van der Waals surface area contributed by atoms with Crippen molar-refractivity contribution in [3.63, 3.8) is 0 Å². The number of hydrogen-bond acceptors (Lipinski definition) is 4. The minimum Gasteiger partial charge on any atom is -0.358 e. The zero-order valence-electron chi connectivity index (χ0n) is 7.88. The van der Waals surface area contributed by atoms with Crippen molar-refractivity contribution in [2.24, 2.45) is 0 Å². The minimum atomic E-state index is -0.415. The maximum absolute atomic E-state index is 10.9. The van der Waals surface area contributed by atoms with E-state index in [4.69, 9.17) is 11.6 Å². The molecule has 5 nitrogen and oxygen atoms in total. The number of imidazole rings is 1. The summed E-state index contributed by atoms with van der Waals surface area (Å²) in [6.07, 6.45) is 2.06. The SMILES string of the molecule is CC(Cl)Cc1nc2sccn2c1[N+](=O)[O-]. The molecule has 0 radical (unpaired) electrons. The zero-order valence-corrected chi connectivity index (χ0v) is 9.46. The minimum absolute atomic E-state index is 0.0266.